The third-order valence-electron chi connectivity index (χ3n) is 4.13. The third-order valence-corrected chi connectivity index (χ3v) is 4.13. The number of unbranched alkanes of at least 4 members (excludes halogenated alkanes) is 2. The van der Waals surface area contributed by atoms with Crippen molar-refractivity contribution in [2.45, 2.75) is 84.3 Å². The minimum atomic E-state index is 0.368. The van der Waals surface area contributed by atoms with Gasteiger partial charge in [0.05, 0.1) is 12.2 Å². The Balaban J connectivity index is 2.06. The van der Waals surface area contributed by atoms with Crippen molar-refractivity contribution >= 4 is 0 Å². The molecule has 2 heteroatoms. The fourth-order valence-corrected chi connectivity index (χ4v) is 2.92. The Morgan fingerprint density at radius 1 is 1.22 bits per heavy atom. The zero-order valence-corrected chi connectivity index (χ0v) is 12.7. The predicted molar refractivity (Wildman–Crippen MR) is 79.0 cm³/mol. The van der Waals surface area contributed by atoms with Gasteiger partial charge in [-0.05, 0) is 38.6 Å². The van der Waals surface area contributed by atoms with E-state index in [-0.39, 0.29) is 0 Å². The van der Waals surface area contributed by atoms with Crippen LogP contribution in [-0.2, 0) is 4.74 Å². The SMILES string of the molecule is CCCCCNCC(C)OC1CCCC(CC)C1. The first-order valence-corrected chi connectivity index (χ1v) is 8.12. The fraction of sp³-hybridized carbons (Fsp3) is 1.00. The summed E-state index contributed by atoms with van der Waals surface area (Å²) >= 11 is 0. The van der Waals surface area contributed by atoms with E-state index in [2.05, 4.69) is 26.1 Å². The van der Waals surface area contributed by atoms with Gasteiger partial charge in [0.15, 0.2) is 0 Å². The van der Waals surface area contributed by atoms with Gasteiger partial charge in [0.25, 0.3) is 0 Å². The molecule has 18 heavy (non-hydrogen) atoms. The average Bonchev–Trinajstić information content (AvgIpc) is 2.38. The van der Waals surface area contributed by atoms with E-state index in [9.17, 15) is 0 Å². The van der Waals surface area contributed by atoms with E-state index in [1.54, 1.807) is 0 Å². The molecule has 0 bridgehead atoms. The number of hydrogen-bond donors (Lipinski definition) is 1. The highest BCUT2D eigenvalue weighted by atomic mass is 16.5. The molecule has 0 aliphatic heterocycles. The van der Waals surface area contributed by atoms with Gasteiger partial charge < -0.3 is 10.1 Å². The van der Waals surface area contributed by atoms with Gasteiger partial charge in [0.1, 0.15) is 0 Å². The highest BCUT2D eigenvalue weighted by Gasteiger charge is 2.22. The molecule has 1 aliphatic rings. The van der Waals surface area contributed by atoms with E-state index in [0.717, 1.165) is 19.0 Å². The molecular formula is C16H33NO. The molecule has 0 heterocycles. The van der Waals surface area contributed by atoms with Crippen molar-refractivity contribution in [1.29, 1.82) is 0 Å². The van der Waals surface area contributed by atoms with Crippen LogP contribution in [0.4, 0.5) is 0 Å². The molecule has 0 amide bonds. The van der Waals surface area contributed by atoms with Crippen LogP contribution in [0.2, 0.25) is 0 Å². The second-order valence-electron chi connectivity index (χ2n) is 5.92. The quantitative estimate of drug-likeness (QED) is 0.625. The molecule has 1 fully saturated rings. The van der Waals surface area contributed by atoms with Crippen LogP contribution in [0, 0.1) is 5.92 Å². The molecule has 0 aromatic carbocycles. The number of ether oxygens (including phenoxy) is 1. The van der Waals surface area contributed by atoms with Gasteiger partial charge in [0, 0.05) is 6.54 Å². The first kappa shape index (κ1) is 16.0. The molecule has 1 rings (SSSR count). The van der Waals surface area contributed by atoms with Gasteiger partial charge in [-0.1, -0.05) is 46.0 Å². The van der Waals surface area contributed by atoms with Gasteiger partial charge in [-0.15, -0.1) is 0 Å². The van der Waals surface area contributed by atoms with Crippen molar-refractivity contribution in [1.82, 2.24) is 5.32 Å². The highest BCUT2D eigenvalue weighted by molar-refractivity contribution is 4.73. The molecular weight excluding hydrogens is 222 g/mol. The van der Waals surface area contributed by atoms with E-state index in [1.807, 2.05) is 0 Å². The lowest BCUT2D eigenvalue weighted by molar-refractivity contribution is -0.0313. The molecule has 108 valence electrons. The summed E-state index contributed by atoms with van der Waals surface area (Å²) in [7, 11) is 0. The summed E-state index contributed by atoms with van der Waals surface area (Å²) in [5, 5.41) is 3.51. The molecule has 1 saturated carbocycles. The van der Waals surface area contributed by atoms with Crippen LogP contribution in [0.3, 0.4) is 0 Å². The number of hydrogen-bond acceptors (Lipinski definition) is 2. The molecule has 1 aliphatic carbocycles. The maximum absolute atomic E-state index is 6.17. The fourth-order valence-electron chi connectivity index (χ4n) is 2.92. The molecule has 0 aromatic heterocycles. The van der Waals surface area contributed by atoms with Crippen LogP contribution in [0.25, 0.3) is 0 Å². The van der Waals surface area contributed by atoms with E-state index >= 15 is 0 Å². The van der Waals surface area contributed by atoms with Gasteiger partial charge in [-0.25, -0.2) is 0 Å². The van der Waals surface area contributed by atoms with Crippen LogP contribution in [0.15, 0.2) is 0 Å². The summed E-state index contributed by atoms with van der Waals surface area (Å²) in [5.41, 5.74) is 0. The maximum Gasteiger partial charge on any atom is 0.0675 e. The van der Waals surface area contributed by atoms with Crippen molar-refractivity contribution in [2.24, 2.45) is 5.92 Å². The van der Waals surface area contributed by atoms with E-state index in [1.165, 1.54) is 51.4 Å². The Labute approximate surface area is 114 Å². The van der Waals surface area contributed by atoms with Crippen molar-refractivity contribution in [3.8, 4) is 0 Å². The Morgan fingerprint density at radius 3 is 2.78 bits per heavy atom. The second kappa shape index (κ2) is 9.80. The zero-order chi connectivity index (χ0) is 13.2. The highest BCUT2D eigenvalue weighted by Crippen LogP contribution is 2.28. The molecule has 0 aromatic rings. The largest absolute Gasteiger partial charge is 0.374 e. The topological polar surface area (TPSA) is 21.3 Å². The molecule has 0 radical (unpaired) electrons. The lowest BCUT2D eigenvalue weighted by Gasteiger charge is -2.30. The monoisotopic (exact) mass is 255 g/mol. The molecule has 3 unspecified atom stereocenters. The molecule has 3 atom stereocenters. The van der Waals surface area contributed by atoms with Crippen LogP contribution >= 0.6 is 0 Å². The van der Waals surface area contributed by atoms with E-state index in [4.69, 9.17) is 4.74 Å². The first-order chi connectivity index (χ1) is 8.76. The average molecular weight is 255 g/mol. The second-order valence-corrected chi connectivity index (χ2v) is 5.92. The lowest BCUT2D eigenvalue weighted by Crippen LogP contribution is -2.33. The van der Waals surface area contributed by atoms with E-state index < -0.39 is 0 Å². The molecule has 0 saturated heterocycles. The van der Waals surface area contributed by atoms with Crippen LogP contribution < -0.4 is 5.32 Å². The number of nitrogens with one attached hydrogen (secondary N) is 1. The normalized spacial score (nSPS) is 26.2. The lowest BCUT2D eigenvalue weighted by atomic mass is 9.85. The molecule has 0 spiro atoms. The van der Waals surface area contributed by atoms with Crippen LogP contribution in [-0.4, -0.2) is 25.3 Å². The Hall–Kier alpha value is -0.0800. The first-order valence-electron chi connectivity index (χ1n) is 8.12. The predicted octanol–water partition coefficient (Wildman–Crippen LogP) is 4.14. The molecule has 1 N–H and O–H groups in total. The van der Waals surface area contributed by atoms with Crippen molar-refractivity contribution < 1.29 is 4.74 Å². The van der Waals surface area contributed by atoms with Gasteiger partial charge in [0.2, 0.25) is 0 Å². The minimum Gasteiger partial charge on any atom is -0.374 e. The summed E-state index contributed by atoms with van der Waals surface area (Å²) in [6.07, 6.45) is 11.5. The number of rotatable bonds is 9. The van der Waals surface area contributed by atoms with E-state index in [0.29, 0.717) is 12.2 Å². The van der Waals surface area contributed by atoms with Crippen molar-refractivity contribution in [3.05, 3.63) is 0 Å². The van der Waals surface area contributed by atoms with Crippen molar-refractivity contribution in [2.75, 3.05) is 13.1 Å². The van der Waals surface area contributed by atoms with Crippen LogP contribution in [0.5, 0.6) is 0 Å². The minimum absolute atomic E-state index is 0.368. The summed E-state index contributed by atoms with van der Waals surface area (Å²) in [6, 6.07) is 0. The smallest absolute Gasteiger partial charge is 0.0675 e. The van der Waals surface area contributed by atoms with Crippen molar-refractivity contribution in [3.63, 3.8) is 0 Å². The van der Waals surface area contributed by atoms with Gasteiger partial charge in [-0.2, -0.15) is 0 Å². The summed E-state index contributed by atoms with van der Waals surface area (Å²) in [5.74, 6) is 0.911. The summed E-state index contributed by atoms with van der Waals surface area (Å²) < 4.78 is 6.17. The summed E-state index contributed by atoms with van der Waals surface area (Å²) in [6.45, 7) is 8.92. The van der Waals surface area contributed by atoms with Crippen LogP contribution in [0.1, 0.15) is 72.1 Å². The van der Waals surface area contributed by atoms with Gasteiger partial charge >= 0.3 is 0 Å². The Bertz CT molecular complexity index is 196. The standard InChI is InChI=1S/C16H33NO/c1-4-6-7-11-17-13-14(3)18-16-10-8-9-15(5-2)12-16/h14-17H,4-13H2,1-3H3. The maximum atomic E-state index is 6.17. The summed E-state index contributed by atoms with van der Waals surface area (Å²) in [4.78, 5) is 0. The zero-order valence-electron chi connectivity index (χ0n) is 12.7. The van der Waals surface area contributed by atoms with Gasteiger partial charge in [-0.3, -0.25) is 0 Å². The Kier molecular flexibility index (Phi) is 8.70. The molecule has 2 nitrogen and oxygen atoms in total. The third kappa shape index (κ3) is 6.75. The Morgan fingerprint density at radius 2 is 2.06 bits per heavy atom.